The first-order valence-corrected chi connectivity index (χ1v) is 5.98. The van der Waals surface area contributed by atoms with Crippen molar-refractivity contribution < 1.29 is 4.74 Å². The second kappa shape index (κ2) is 5.28. The average molecular weight is 214 g/mol. The lowest BCUT2D eigenvalue weighted by Crippen LogP contribution is -2.54. The zero-order valence-electron chi connectivity index (χ0n) is 10.6. The maximum Gasteiger partial charge on any atom is 0.0503 e. The summed E-state index contributed by atoms with van der Waals surface area (Å²) in [7, 11) is 1.78. The fraction of sp³-hybridized carbons (Fsp3) is 1.00. The molecule has 0 saturated carbocycles. The normalized spacial score (nSPS) is 27.2. The fourth-order valence-corrected chi connectivity index (χ4v) is 2.40. The number of rotatable bonds is 5. The van der Waals surface area contributed by atoms with E-state index in [-0.39, 0.29) is 5.54 Å². The first-order valence-electron chi connectivity index (χ1n) is 5.98. The standard InChI is InChI=1S/C12H26N2O/c1-10(2)12(3,9-13)14-6-5-11(7-14)8-15-4/h10-11H,5-9,13H2,1-4H3. The van der Waals surface area contributed by atoms with E-state index >= 15 is 0 Å². The van der Waals surface area contributed by atoms with Gasteiger partial charge in [-0.15, -0.1) is 0 Å². The maximum absolute atomic E-state index is 5.93. The Bertz CT molecular complexity index is 196. The summed E-state index contributed by atoms with van der Waals surface area (Å²) < 4.78 is 5.22. The van der Waals surface area contributed by atoms with Crippen LogP contribution >= 0.6 is 0 Å². The van der Waals surface area contributed by atoms with E-state index < -0.39 is 0 Å². The van der Waals surface area contributed by atoms with Gasteiger partial charge in [0.2, 0.25) is 0 Å². The van der Waals surface area contributed by atoms with E-state index in [1.165, 1.54) is 13.0 Å². The lowest BCUT2D eigenvalue weighted by atomic mass is 9.87. The molecule has 2 atom stereocenters. The number of methoxy groups -OCH3 is 1. The molecule has 1 aliphatic rings. The van der Waals surface area contributed by atoms with Gasteiger partial charge in [-0.05, 0) is 31.7 Å². The number of nitrogens with zero attached hydrogens (tertiary/aromatic N) is 1. The van der Waals surface area contributed by atoms with Crippen LogP contribution in [0, 0.1) is 11.8 Å². The summed E-state index contributed by atoms with van der Waals surface area (Å²) in [5, 5.41) is 0. The fourth-order valence-electron chi connectivity index (χ4n) is 2.40. The van der Waals surface area contributed by atoms with Crippen LogP contribution in [0.4, 0.5) is 0 Å². The van der Waals surface area contributed by atoms with Crippen LogP contribution in [-0.2, 0) is 4.74 Å². The van der Waals surface area contributed by atoms with Crippen LogP contribution in [0.25, 0.3) is 0 Å². The third-order valence-electron chi connectivity index (χ3n) is 4.07. The number of hydrogen-bond acceptors (Lipinski definition) is 3. The number of hydrogen-bond donors (Lipinski definition) is 1. The predicted octanol–water partition coefficient (Wildman–Crippen LogP) is 1.33. The molecule has 0 amide bonds. The Morgan fingerprint density at radius 2 is 2.20 bits per heavy atom. The van der Waals surface area contributed by atoms with Gasteiger partial charge in [0.05, 0.1) is 6.61 Å². The molecule has 15 heavy (non-hydrogen) atoms. The Morgan fingerprint density at radius 3 is 2.67 bits per heavy atom. The summed E-state index contributed by atoms with van der Waals surface area (Å²) in [5.41, 5.74) is 6.09. The second-order valence-corrected chi connectivity index (χ2v) is 5.27. The monoisotopic (exact) mass is 214 g/mol. The van der Waals surface area contributed by atoms with Crippen molar-refractivity contribution in [2.24, 2.45) is 17.6 Å². The molecule has 0 aromatic carbocycles. The van der Waals surface area contributed by atoms with Gasteiger partial charge in [-0.2, -0.15) is 0 Å². The first-order chi connectivity index (χ1) is 7.04. The summed E-state index contributed by atoms with van der Waals surface area (Å²) in [6, 6.07) is 0. The zero-order valence-corrected chi connectivity index (χ0v) is 10.6. The highest BCUT2D eigenvalue weighted by Crippen LogP contribution is 2.29. The SMILES string of the molecule is COCC1CCN(C(C)(CN)C(C)C)C1. The molecule has 0 radical (unpaired) electrons. The molecule has 0 aromatic rings. The van der Waals surface area contributed by atoms with E-state index in [0.29, 0.717) is 11.8 Å². The molecule has 1 saturated heterocycles. The van der Waals surface area contributed by atoms with E-state index in [9.17, 15) is 0 Å². The minimum Gasteiger partial charge on any atom is -0.384 e. The molecule has 1 aliphatic heterocycles. The highest BCUT2D eigenvalue weighted by Gasteiger charge is 2.37. The van der Waals surface area contributed by atoms with Crippen molar-refractivity contribution in [1.82, 2.24) is 4.90 Å². The molecular formula is C12H26N2O. The van der Waals surface area contributed by atoms with E-state index in [1.54, 1.807) is 7.11 Å². The lowest BCUT2D eigenvalue weighted by molar-refractivity contribution is 0.0798. The quantitative estimate of drug-likeness (QED) is 0.750. The highest BCUT2D eigenvalue weighted by molar-refractivity contribution is 4.94. The van der Waals surface area contributed by atoms with Crippen LogP contribution in [-0.4, -0.2) is 43.8 Å². The van der Waals surface area contributed by atoms with E-state index in [4.69, 9.17) is 10.5 Å². The van der Waals surface area contributed by atoms with Crippen molar-refractivity contribution in [3.05, 3.63) is 0 Å². The Morgan fingerprint density at radius 1 is 1.53 bits per heavy atom. The molecule has 0 aromatic heterocycles. The van der Waals surface area contributed by atoms with Gasteiger partial charge in [0.25, 0.3) is 0 Å². The van der Waals surface area contributed by atoms with Crippen molar-refractivity contribution in [3.63, 3.8) is 0 Å². The second-order valence-electron chi connectivity index (χ2n) is 5.27. The lowest BCUT2D eigenvalue weighted by Gasteiger charge is -2.41. The molecule has 3 heteroatoms. The summed E-state index contributed by atoms with van der Waals surface area (Å²) in [6.07, 6.45) is 1.25. The molecule has 0 spiro atoms. The molecule has 2 N–H and O–H groups in total. The van der Waals surface area contributed by atoms with Gasteiger partial charge in [-0.25, -0.2) is 0 Å². The van der Waals surface area contributed by atoms with Crippen molar-refractivity contribution in [2.45, 2.75) is 32.7 Å². The summed E-state index contributed by atoms with van der Waals surface area (Å²) in [6.45, 7) is 10.7. The van der Waals surface area contributed by atoms with E-state index in [0.717, 1.165) is 19.7 Å². The maximum atomic E-state index is 5.93. The first kappa shape index (κ1) is 12.9. The van der Waals surface area contributed by atoms with Gasteiger partial charge in [0.1, 0.15) is 0 Å². The third-order valence-corrected chi connectivity index (χ3v) is 4.07. The van der Waals surface area contributed by atoms with Crippen molar-refractivity contribution in [2.75, 3.05) is 33.4 Å². The van der Waals surface area contributed by atoms with Gasteiger partial charge in [-0.1, -0.05) is 13.8 Å². The predicted molar refractivity (Wildman–Crippen MR) is 63.9 cm³/mol. The Balaban J connectivity index is 2.57. The molecule has 0 aliphatic carbocycles. The van der Waals surface area contributed by atoms with Crippen LogP contribution in [0.15, 0.2) is 0 Å². The Kier molecular flexibility index (Phi) is 4.56. The topological polar surface area (TPSA) is 38.5 Å². The molecule has 2 unspecified atom stereocenters. The van der Waals surface area contributed by atoms with Crippen LogP contribution in [0.1, 0.15) is 27.2 Å². The molecular weight excluding hydrogens is 188 g/mol. The van der Waals surface area contributed by atoms with Gasteiger partial charge in [0, 0.05) is 25.7 Å². The van der Waals surface area contributed by atoms with Crippen LogP contribution in [0.3, 0.4) is 0 Å². The molecule has 1 fully saturated rings. The molecule has 3 nitrogen and oxygen atoms in total. The van der Waals surface area contributed by atoms with E-state index in [1.807, 2.05) is 0 Å². The van der Waals surface area contributed by atoms with E-state index in [2.05, 4.69) is 25.7 Å². The van der Waals surface area contributed by atoms with Crippen molar-refractivity contribution >= 4 is 0 Å². The summed E-state index contributed by atoms with van der Waals surface area (Å²) >= 11 is 0. The smallest absolute Gasteiger partial charge is 0.0503 e. The highest BCUT2D eigenvalue weighted by atomic mass is 16.5. The van der Waals surface area contributed by atoms with Crippen LogP contribution in [0.5, 0.6) is 0 Å². The number of ether oxygens (including phenoxy) is 1. The van der Waals surface area contributed by atoms with Crippen LogP contribution in [0.2, 0.25) is 0 Å². The van der Waals surface area contributed by atoms with Crippen LogP contribution < -0.4 is 5.73 Å². The van der Waals surface area contributed by atoms with Gasteiger partial charge < -0.3 is 10.5 Å². The minimum absolute atomic E-state index is 0.155. The largest absolute Gasteiger partial charge is 0.384 e. The van der Waals surface area contributed by atoms with Gasteiger partial charge >= 0.3 is 0 Å². The molecule has 90 valence electrons. The zero-order chi connectivity index (χ0) is 11.5. The third kappa shape index (κ3) is 2.71. The molecule has 1 rings (SSSR count). The molecule has 0 bridgehead atoms. The average Bonchev–Trinajstić information content (AvgIpc) is 2.66. The number of likely N-dealkylation sites (tertiary alicyclic amines) is 1. The minimum atomic E-state index is 0.155. The summed E-state index contributed by atoms with van der Waals surface area (Å²) in [4.78, 5) is 2.54. The van der Waals surface area contributed by atoms with Gasteiger partial charge in [-0.3, -0.25) is 4.90 Å². The molecule has 1 heterocycles. The van der Waals surface area contributed by atoms with Gasteiger partial charge in [0.15, 0.2) is 0 Å². The Labute approximate surface area is 94.0 Å². The Hall–Kier alpha value is -0.120. The van der Waals surface area contributed by atoms with Crippen molar-refractivity contribution in [1.29, 1.82) is 0 Å². The summed E-state index contributed by atoms with van der Waals surface area (Å²) in [5.74, 6) is 1.29. The number of nitrogens with two attached hydrogens (primary N) is 1. The van der Waals surface area contributed by atoms with Crippen molar-refractivity contribution in [3.8, 4) is 0 Å².